The maximum Gasteiger partial charge on any atom is 0.391 e. The maximum atomic E-state index is 9.83. The van der Waals surface area contributed by atoms with E-state index in [1.54, 1.807) is 0 Å². The monoisotopic (exact) mass is 132 g/mol. The summed E-state index contributed by atoms with van der Waals surface area (Å²) in [5.41, 5.74) is 0. The highest BCUT2D eigenvalue weighted by Crippen LogP contribution is 1.74. The number of rotatable bonds is 0. The molecule has 0 aliphatic carbocycles. The number of carbonyl (C=O) groups is 1. The topological polar surface area (TPSA) is 75.9 Å². The summed E-state index contributed by atoms with van der Waals surface area (Å²) in [5.74, 6) is 0. The average Bonchev–Trinajstić information content (AvgIpc) is 1.68. The molecule has 0 aliphatic rings. The van der Waals surface area contributed by atoms with Crippen LogP contribution < -0.4 is 0 Å². The van der Waals surface area contributed by atoms with Gasteiger partial charge in [-0.05, 0) is 0 Å². The summed E-state index contributed by atoms with van der Waals surface area (Å²) < 4.78 is 12.0. The molecule has 42 valence electrons. The summed E-state index contributed by atoms with van der Waals surface area (Å²) in [5, 5.41) is 0. The van der Waals surface area contributed by atoms with Crippen LogP contribution in [0.3, 0.4) is 0 Å². The fourth-order valence-electron chi connectivity index (χ4n) is 0.0913. The lowest BCUT2D eigenvalue weighted by Gasteiger charge is -1.63. The Kier molecular flexibility index (Phi) is 3.47. The van der Waals surface area contributed by atoms with Crippen molar-refractivity contribution in [2.24, 2.45) is 9.36 Å². The first-order valence-electron chi connectivity index (χ1n) is 1.43. The van der Waals surface area contributed by atoms with Crippen LogP contribution in [0.25, 0.3) is 0 Å². The van der Waals surface area contributed by atoms with Crippen molar-refractivity contribution in [3.05, 3.63) is 0 Å². The number of aliphatic imine (C=N–C) groups is 1. The molecular formula is C2N2O3S. The van der Waals surface area contributed by atoms with Gasteiger partial charge in [0.05, 0.1) is 0 Å². The Balaban J connectivity index is 4.04. The molecule has 8 heavy (non-hydrogen) atoms. The maximum absolute atomic E-state index is 9.83. The van der Waals surface area contributed by atoms with Crippen molar-refractivity contribution in [3.63, 3.8) is 0 Å². The first-order valence-corrected chi connectivity index (χ1v) is 2.13. The lowest BCUT2D eigenvalue weighted by molar-refractivity contribution is 0.257. The molecule has 0 spiro atoms. The summed E-state index contributed by atoms with van der Waals surface area (Å²) in [6.07, 6.45) is 0.932. The van der Waals surface area contributed by atoms with Gasteiger partial charge in [-0.25, -0.2) is 9.59 Å². The average molecular weight is 132 g/mol. The van der Waals surface area contributed by atoms with Crippen molar-refractivity contribution < 1.29 is 13.8 Å². The molecular weight excluding hydrogens is 132 g/mol. The molecule has 0 radical (unpaired) electrons. The Morgan fingerprint density at radius 1 is 1.62 bits per heavy atom. The van der Waals surface area contributed by atoms with Crippen molar-refractivity contribution in [3.8, 4) is 0 Å². The second-order valence-corrected chi connectivity index (χ2v) is 0.983. The van der Waals surface area contributed by atoms with Gasteiger partial charge in [0.25, 0.3) is 0 Å². The van der Waals surface area contributed by atoms with Gasteiger partial charge in [0.2, 0.25) is 17.5 Å². The van der Waals surface area contributed by atoms with E-state index in [0.29, 0.717) is 0 Å². The van der Waals surface area contributed by atoms with Crippen LogP contribution in [0.2, 0.25) is 0 Å². The molecule has 0 rings (SSSR count). The molecule has 5 nitrogen and oxygen atoms in total. The molecule has 0 aromatic heterocycles. The highest BCUT2D eigenvalue weighted by Gasteiger charge is 1.87. The Labute approximate surface area is 47.7 Å². The molecule has 0 bridgehead atoms. The molecule has 0 unspecified atom stereocenters. The first kappa shape index (κ1) is 6.87. The standard InChI is InChI=1S/C2N2O3S/c5-1-3-2(6)4-8-7. The first-order chi connectivity index (χ1) is 3.81. The molecule has 0 N–H and O–H groups in total. The lowest BCUT2D eigenvalue weighted by atomic mass is 11.1. The van der Waals surface area contributed by atoms with Crippen molar-refractivity contribution >= 4 is 23.6 Å². The molecule has 6 heteroatoms. The zero-order valence-electron chi connectivity index (χ0n) is 3.53. The van der Waals surface area contributed by atoms with Crippen molar-refractivity contribution in [1.82, 2.24) is 0 Å². The predicted octanol–water partition coefficient (Wildman–Crippen LogP) is -0.161. The molecule has 0 fully saturated rings. The molecule has 0 aromatic carbocycles. The Hall–Kier alpha value is -1.13. The van der Waals surface area contributed by atoms with Crippen LogP contribution in [0.4, 0.5) is 4.79 Å². The predicted molar refractivity (Wildman–Crippen MR) is 24.1 cm³/mol. The van der Waals surface area contributed by atoms with Crippen LogP contribution in [0.1, 0.15) is 0 Å². The van der Waals surface area contributed by atoms with E-state index in [4.69, 9.17) is 0 Å². The van der Waals surface area contributed by atoms with Gasteiger partial charge in [0, 0.05) is 0 Å². The minimum Gasteiger partial charge on any atom is -0.242 e. The van der Waals surface area contributed by atoms with E-state index in [-0.39, 0.29) is 11.5 Å². The Morgan fingerprint density at radius 3 is 2.62 bits per heavy atom. The zero-order valence-corrected chi connectivity index (χ0v) is 4.34. The fourth-order valence-corrected chi connectivity index (χ4v) is 0.196. The highest BCUT2D eigenvalue weighted by molar-refractivity contribution is 7.55. The number of carbonyl (C=O) groups excluding carboxylic acids is 2. The van der Waals surface area contributed by atoms with Gasteiger partial charge in [-0.1, -0.05) is 4.36 Å². The van der Waals surface area contributed by atoms with Crippen LogP contribution in [0.15, 0.2) is 9.36 Å². The second-order valence-electron chi connectivity index (χ2n) is 0.651. The molecule has 0 aromatic rings. The number of urea groups is 1. The van der Waals surface area contributed by atoms with Gasteiger partial charge in [0.15, 0.2) is 0 Å². The van der Waals surface area contributed by atoms with Crippen molar-refractivity contribution in [2.75, 3.05) is 0 Å². The van der Waals surface area contributed by atoms with Crippen molar-refractivity contribution in [1.29, 1.82) is 0 Å². The van der Waals surface area contributed by atoms with Gasteiger partial charge in [0.1, 0.15) is 0 Å². The van der Waals surface area contributed by atoms with E-state index in [1.807, 2.05) is 0 Å². The minimum absolute atomic E-state index is 0.298. The van der Waals surface area contributed by atoms with Crippen molar-refractivity contribution in [2.45, 2.75) is 0 Å². The van der Waals surface area contributed by atoms with E-state index in [9.17, 15) is 13.8 Å². The van der Waals surface area contributed by atoms with Crippen LogP contribution in [-0.4, -0.2) is 16.3 Å². The van der Waals surface area contributed by atoms with Gasteiger partial charge in [-0.3, -0.25) is 0 Å². The van der Waals surface area contributed by atoms with Crippen LogP contribution >= 0.6 is 0 Å². The number of hydrogen-bond acceptors (Lipinski definition) is 3. The minimum atomic E-state index is -1.11. The Bertz CT molecular complexity index is 167. The molecule has 0 saturated heterocycles. The summed E-state index contributed by atoms with van der Waals surface area (Å²) >= 11 is -0.298. The van der Waals surface area contributed by atoms with E-state index in [2.05, 4.69) is 9.36 Å². The summed E-state index contributed by atoms with van der Waals surface area (Å²) in [4.78, 5) is 21.5. The van der Waals surface area contributed by atoms with E-state index in [1.165, 1.54) is 0 Å². The largest absolute Gasteiger partial charge is 0.391 e. The number of hydrogen-bond donors (Lipinski definition) is 0. The van der Waals surface area contributed by atoms with Gasteiger partial charge < -0.3 is 0 Å². The lowest BCUT2D eigenvalue weighted by Crippen LogP contribution is -1.77. The SMILES string of the molecule is O=C=NC(=O)N=S=O. The van der Waals surface area contributed by atoms with Crippen LogP contribution in [0.5, 0.6) is 0 Å². The molecule has 2 amide bonds. The summed E-state index contributed by atoms with van der Waals surface area (Å²) in [7, 11) is 0. The second kappa shape index (κ2) is 4.04. The third-order valence-corrected chi connectivity index (χ3v) is 0.487. The number of nitrogens with zero attached hydrogens (tertiary/aromatic N) is 2. The summed E-state index contributed by atoms with van der Waals surface area (Å²) in [6.45, 7) is 0. The zero-order chi connectivity index (χ0) is 6.41. The van der Waals surface area contributed by atoms with E-state index in [0.717, 1.165) is 6.08 Å². The third-order valence-electron chi connectivity index (χ3n) is 0.257. The third kappa shape index (κ3) is 3.08. The van der Waals surface area contributed by atoms with Crippen LogP contribution in [-0.2, 0) is 16.3 Å². The van der Waals surface area contributed by atoms with Gasteiger partial charge >= 0.3 is 6.03 Å². The smallest absolute Gasteiger partial charge is 0.242 e. The van der Waals surface area contributed by atoms with Gasteiger partial charge in [-0.15, -0.1) is 4.99 Å². The number of amides is 2. The normalized spacial score (nSPS) is 6.50. The summed E-state index contributed by atoms with van der Waals surface area (Å²) in [6, 6.07) is -1.11. The van der Waals surface area contributed by atoms with Crippen LogP contribution in [0, 0.1) is 0 Å². The molecule has 0 saturated carbocycles. The van der Waals surface area contributed by atoms with E-state index >= 15 is 0 Å². The molecule has 0 atom stereocenters. The number of isocyanates is 1. The van der Waals surface area contributed by atoms with Gasteiger partial charge in [-0.2, -0.15) is 4.21 Å². The van der Waals surface area contributed by atoms with E-state index < -0.39 is 6.03 Å². The fraction of sp³-hybridized carbons (Fsp3) is 0. The molecule has 0 heterocycles. The molecule has 0 aliphatic heterocycles. The Morgan fingerprint density at radius 2 is 2.25 bits per heavy atom. The quantitative estimate of drug-likeness (QED) is 0.339. The highest BCUT2D eigenvalue weighted by atomic mass is 32.1.